The first kappa shape index (κ1) is 7.21. The Balaban J connectivity index is 2.70. The lowest BCUT2D eigenvalue weighted by Gasteiger charge is -1.99. The second kappa shape index (κ2) is 3.31. The Labute approximate surface area is 58.1 Å². The summed E-state index contributed by atoms with van der Waals surface area (Å²) in [6.45, 7) is -0.166. The summed E-state index contributed by atoms with van der Waals surface area (Å²) in [5.74, 6) is 0. The Hall–Kier alpha value is -0.900. The van der Waals surface area contributed by atoms with Gasteiger partial charge in [-0.1, -0.05) is 0 Å². The topological polar surface area (TPSA) is 38.0 Å². The molecule has 4 heteroatoms. The maximum Gasteiger partial charge on any atom is 0.131 e. The second-order valence-electron chi connectivity index (χ2n) is 1.90. The van der Waals surface area contributed by atoms with Gasteiger partial charge in [0.25, 0.3) is 0 Å². The molecule has 0 aliphatic rings. The number of halogens is 1. The molecule has 0 unspecified atom stereocenters. The number of nitrogens with zero attached hydrogens (tertiary/aromatic N) is 2. The lowest BCUT2D eigenvalue weighted by molar-refractivity contribution is 0.264. The van der Waals surface area contributed by atoms with Crippen LogP contribution in [0.15, 0.2) is 12.3 Å². The maximum absolute atomic E-state index is 12.0. The van der Waals surface area contributed by atoms with Crippen LogP contribution in [0.2, 0.25) is 0 Å². The third-order valence-electron chi connectivity index (χ3n) is 1.25. The van der Waals surface area contributed by atoms with Gasteiger partial charge in [-0.05, 0) is 6.07 Å². The van der Waals surface area contributed by atoms with Gasteiger partial charge in [0.1, 0.15) is 6.67 Å². The second-order valence-corrected chi connectivity index (χ2v) is 1.90. The van der Waals surface area contributed by atoms with Crippen LogP contribution in [0.3, 0.4) is 0 Å². The van der Waals surface area contributed by atoms with Crippen LogP contribution in [0.25, 0.3) is 0 Å². The van der Waals surface area contributed by atoms with Gasteiger partial charge in [0, 0.05) is 6.20 Å². The van der Waals surface area contributed by atoms with Crippen molar-refractivity contribution < 1.29 is 9.50 Å². The van der Waals surface area contributed by atoms with Crippen LogP contribution in [-0.4, -0.2) is 21.5 Å². The van der Waals surface area contributed by atoms with E-state index in [1.54, 1.807) is 6.07 Å². The lowest BCUT2D eigenvalue weighted by Crippen LogP contribution is -2.06. The molecule has 0 spiro atoms. The highest BCUT2D eigenvalue weighted by Gasteiger charge is 1.98. The number of aromatic nitrogens is 2. The highest BCUT2D eigenvalue weighted by molar-refractivity contribution is 4.98. The van der Waals surface area contributed by atoms with E-state index in [0.29, 0.717) is 12.2 Å². The van der Waals surface area contributed by atoms with E-state index >= 15 is 0 Å². The molecule has 0 fully saturated rings. The summed E-state index contributed by atoms with van der Waals surface area (Å²) in [6.07, 6.45) is 1.52. The summed E-state index contributed by atoms with van der Waals surface area (Å²) in [6, 6.07) is 1.59. The monoisotopic (exact) mass is 144 g/mol. The number of aliphatic hydroxyl groups is 1. The van der Waals surface area contributed by atoms with Gasteiger partial charge in [-0.15, -0.1) is 0 Å². The van der Waals surface area contributed by atoms with Crippen molar-refractivity contribution in [3.8, 4) is 0 Å². The molecule has 10 heavy (non-hydrogen) atoms. The molecular formula is C6H9FN2O. The maximum atomic E-state index is 12.0. The van der Waals surface area contributed by atoms with Crippen LogP contribution in [0.5, 0.6) is 0 Å². The van der Waals surface area contributed by atoms with Crippen LogP contribution < -0.4 is 0 Å². The quantitative estimate of drug-likeness (QED) is 0.664. The van der Waals surface area contributed by atoms with Crippen LogP contribution >= 0.6 is 0 Å². The van der Waals surface area contributed by atoms with E-state index < -0.39 is 6.67 Å². The largest absolute Gasteiger partial charge is 0.394 e. The average Bonchev–Trinajstić information content (AvgIpc) is 2.36. The van der Waals surface area contributed by atoms with Crippen molar-refractivity contribution in [1.82, 2.24) is 9.78 Å². The minimum atomic E-state index is -0.528. The van der Waals surface area contributed by atoms with Crippen molar-refractivity contribution in [3.63, 3.8) is 0 Å². The first-order valence-corrected chi connectivity index (χ1v) is 3.06. The zero-order valence-corrected chi connectivity index (χ0v) is 5.50. The first-order chi connectivity index (χ1) is 4.88. The van der Waals surface area contributed by atoms with Crippen molar-refractivity contribution in [2.45, 2.75) is 13.2 Å². The highest BCUT2D eigenvalue weighted by atomic mass is 19.1. The van der Waals surface area contributed by atoms with Gasteiger partial charge >= 0.3 is 0 Å². The zero-order chi connectivity index (χ0) is 7.40. The molecule has 0 saturated carbocycles. The molecule has 1 rings (SSSR count). The SMILES string of the molecule is OCCn1nccc1CF. The Bertz CT molecular complexity index is 199. The average molecular weight is 144 g/mol. The molecule has 1 aromatic rings. The standard InChI is InChI=1S/C6H9FN2O/c7-5-6-1-2-8-9(6)3-4-10/h1-2,10H,3-5H2. The van der Waals surface area contributed by atoms with E-state index in [1.165, 1.54) is 10.9 Å². The fourth-order valence-corrected chi connectivity index (χ4v) is 0.770. The Kier molecular flexibility index (Phi) is 2.39. The molecule has 0 radical (unpaired) electrons. The smallest absolute Gasteiger partial charge is 0.131 e. The third kappa shape index (κ3) is 1.33. The number of hydrogen-bond donors (Lipinski definition) is 1. The summed E-state index contributed by atoms with van der Waals surface area (Å²) in [5.41, 5.74) is 0.508. The number of alkyl halides is 1. The van der Waals surface area contributed by atoms with E-state index in [9.17, 15) is 4.39 Å². The van der Waals surface area contributed by atoms with Crippen molar-refractivity contribution in [2.24, 2.45) is 0 Å². The van der Waals surface area contributed by atoms with E-state index in [1.807, 2.05) is 0 Å². The molecule has 0 atom stereocenters. The van der Waals surface area contributed by atoms with Crippen molar-refractivity contribution in [3.05, 3.63) is 18.0 Å². The van der Waals surface area contributed by atoms with E-state index in [0.717, 1.165) is 0 Å². The zero-order valence-electron chi connectivity index (χ0n) is 5.50. The molecule has 0 saturated heterocycles. The first-order valence-electron chi connectivity index (χ1n) is 3.06. The lowest BCUT2D eigenvalue weighted by atomic mass is 10.5. The molecule has 56 valence electrons. The number of hydrogen-bond acceptors (Lipinski definition) is 2. The summed E-state index contributed by atoms with van der Waals surface area (Å²) in [5, 5.41) is 12.3. The summed E-state index contributed by atoms with van der Waals surface area (Å²) in [7, 11) is 0. The Morgan fingerprint density at radius 1 is 1.70 bits per heavy atom. The van der Waals surface area contributed by atoms with E-state index in [4.69, 9.17) is 5.11 Å². The van der Waals surface area contributed by atoms with Crippen molar-refractivity contribution in [1.29, 1.82) is 0 Å². The van der Waals surface area contributed by atoms with Crippen molar-refractivity contribution in [2.75, 3.05) is 6.61 Å². The number of aliphatic hydroxyl groups excluding tert-OH is 1. The molecule has 1 aromatic heterocycles. The molecule has 1 heterocycles. The van der Waals surface area contributed by atoms with Crippen LogP contribution in [-0.2, 0) is 13.2 Å². The molecule has 0 aromatic carbocycles. The molecule has 0 amide bonds. The van der Waals surface area contributed by atoms with Gasteiger partial charge in [0.15, 0.2) is 0 Å². The van der Waals surface area contributed by atoms with Gasteiger partial charge in [0.2, 0.25) is 0 Å². The van der Waals surface area contributed by atoms with E-state index in [2.05, 4.69) is 5.10 Å². The summed E-state index contributed by atoms with van der Waals surface area (Å²) < 4.78 is 13.4. The summed E-state index contributed by atoms with van der Waals surface area (Å²) >= 11 is 0. The molecular weight excluding hydrogens is 135 g/mol. The predicted octanol–water partition coefficient (Wildman–Crippen LogP) is 0.345. The van der Waals surface area contributed by atoms with Gasteiger partial charge in [-0.3, -0.25) is 4.68 Å². The predicted molar refractivity (Wildman–Crippen MR) is 34.1 cm³/mol. The molecule has 3 nitrogen and oxygen atoms in total. The minimum absolute atomic E-state index is 0.00528. The van der Waals surface area contributed by atoms with Gasteiger partial charge in [-0.25, -0.2) is 4.39 Å². The van der Waals surface area contributed by atoms with Gasteiger partial charge in [0.05, 0.1) is 18.8 Å². The normalized spacial score (nSPS) is 10.2. The van der Waals surface area contributed by atoms with Gasteiger partial charge in [-0.2, -0.15) is 5.10 Å². The molecule has 0 aliphatic carbocycles. The van der Waals surface area contributed by atoms with Crippen LogP contribution in [0.4, 0.5) is 4.39 Å². The highest BCUT2D eigenvalue weighted by Crippen LogP contribution is 1.99. The van der Waals surface area contributed by atoms with Crippen LogP contribution in [0.1, 0.15) is 5.69 Å². The summed E-state index contributed by atoms with van der Waals surface area (Å²) in [4.78, 5) is 0. The molecule has 0 aliphatic heterocycles. The van der Waals surface area contributed by atoms with Crippen LogP contribution in [0, 0.1) is 0 Å². The molecule has 1 N–H and O–H groups in total. The Morgan fingerprint density at radius 3 is 3.10 bits per heavy atom. The van der Waals surface area contributed by atoms with Gasteiger partial charge < -0.3 is 5.11 Å². The van der Waals surface area contributed by atoms with E-state index in [-0.39, 0.29) is 6.61 Å². The number of rotatable bonds is 3. The Morgan fingerprint density at radius 2 is 2.50 bits per heavy atom. The van der Waals surface area contributed by atoms with Crippen molar-refractivity contribution >= 4 is 0 Å². The molecule has 0 bridgehead atoms. The fraction of sp³-hybridized carbons (Fsp3) is 0.500. The minimum Gasteiger partial charge on any atom is -0.394 e. The fourth-order valence-electron chi connectivity index (χ4n) is 0.770. The third-order valence-corrected chi connectivity index (χ3v) is 1.25.